The van der Waals surface area contributed by atoms with E-state index in [0.29, 0.717) is 22.8 Å². The van der Waals surface area contributed by atoms with Crippen LogP contribution in [0, 0.1) is 0 Å². The van der Waals surface area contributed by atoms with Gasteiger partial charge in [0.05, 0.1) is 24.4 Å². The van der Waals surface area contributed by atoms with E-state index in [1.54, 1.807) is 24.1 Å². The van der Waals surface area contributed by atoms with Gasteiger partial charge in [0.1, 0.15) is 11.4 Å². The summed E-state index contributed by atoms with van der Waals surface area (Å²) < 4.78 is 5.29. The molecule has 0 bridgehead atoms. The number of nitrogens with zero attached hydrogens (tertiary/aromatic N) is 2. The number of hydrogen-bond donors (Lipinski definition) is 2. The molecular weight excluding hydrogens is 406 g/mol. The van der Waals surface area contributed by atoms with Gasteiger partial charge in [-0.3, -0.25) is 14.8 Å². The van der Waals surface area contributed by atoms with Gasteiger partial charge in [-0.05, 0) is 42.0 Å². The maximum absolute atomic E-state index is 13.5. The molecule has 1 aliphatic heterocycles. The summed E-state index contributed by atoms with van der Waals surface area (Å²) >= 11 is 0. The van der Waals surface area contributed by atoms with Crippen molar-refractivity contribution in [3.8, 4) is 17.0 Å². The van der Waals surface area contributed by atoms with Gasteiger partial charge in [-0.2, -0.15) is 5.10 Å². The highest BCUT2D eigenvalue weighted by molar-refractivity contribution is 6.11. The number of anilines is 1. The molecule has 0 aliphatic carbocycles. The van der Waals surface area contributed by atoms with E-state index in [0.717, 1.165) is 16.7 Å². The van der Waals surface area contributed by atoms with Crippen LogP contribution in [0.25, 0.3) is 11.3 Å². The number of methoxy groups -OCH3 is 1. The normalized spacial score (nSPS) is 15.0. The molecule has 0 saturated heterocycles. The third kappa shape index (κ3) is 3.11. The van der Waals surface area contributed by atoms with Crippen LogP contribution in [-0.2, 0) is 0 Å². The average molecular weight is 425 g/mol. The fourth-order valence-electron chi connectivity index (χ4n) is 4.10. The zero-order chi connectivity index (χ0) is 22.2. The molecule has 2 N–H and O–H groups in total. The number of amides is 1. The molecule has 0 fully saturated rings. The molecule has 158 valence electrons. The molecule has 5 rings (SSSR count). The van der Waals surface area contributed by atoms with Crippen LogP contribution in [0.4, 0.5) is 5.69 Å². The number of ether oxygens (including phenoxy) is 1. The Morgan fingerprint density at radius 1 is 1.00 bits per heavy atom. The number of nitrogens with one attached hydrogen (secondary N) is 1. The molecule has 2 heterocycles. The first kappa shape index (κ1) is 19.6. The van der Waals surface area contributed by atoms with Crippen LogP contribution < -0.4 is 9.64 Å². The van der Waals surface area contributed by atoms with Crippen LogP contribution in [0.15, 0.2) is 78.9 Å². The summed E-state index contributed by atoms with van der Waals surface area (Å²) in [6.07, 6.45) is 0. The molecule has 0 unspecified atom stereocenters. The Labute approximate surface area is 183 Å². The van der Waals surface area contributed by atoms with Crippen LogP contribution in [0.2, 0.25) is 0 Å². The SMILES string of the molecule is COc1ccc([C@@H]2c3c(-c4ccccc4)n[nH]c3C(=O)N2c2ccc(C(=O)O)cc2)cc1. The van der Waals surface area contributed by atoms with E-state index in [1.807, 2.05) is 54.6 Å². The molecule has 1 amide bonds. The lowest BCUT2D eigenvalue weighted by molar-refractivity contribution is 0.0696. The number of H-pyrrole nitrogens is 1. The van der Waals surface area contributed by atoms with Crippen molar-refractivity contribution >= 4 is 17.6 Å². The molecule has 1 aliphatic rings. The summed E-state index contributed by atoms with van der Waals surface area (Å²) in [6.45, 7) is 0. The Morgan fingerprint density at radius 3 is 2.31 bits per heavy atom. The molecular formula is C25H19N3O4. The number of benzene rings is 3. The number of carbonyl (C=O) groups excluding carboxylic acids is 1. The van der Waals surface area contributed by atoms with Crippen molar-refractivity contribution in [3.05, 3.63) is 101 Å². The summed E-state index contributed by atoms with van der Waals surface area (Å²) in [6, 6.07) is 23.1. The van der Waals surface area contributed by atoms with E-state index in [2.05, 4.69) is 10.2 Å². The van der Waals surface area contributed by atoms with Crippen LogP contribution in [-0.4, -0.2) is 34.3 Å². The third-order valence-electron chi connectivity index (χ3n) is 5.64. The highest BCUT2D eigenvalue weighted by atomic mass is 16.5. The van der Waals surface area contributed by atoms with Gasteiger partial charge in [0, 0.05) is 16.8 Å². The van der Waals surface area contributed by atoms with Gasteiger partial charge in [0.15, 0.2) is 0 Å². The fourth-order valence-corrected chi connectivity index (χ4v) is 4.10. The average Bonchev–Trinajstić information content (AvgIpc) is 3.39. The third-order valence-corrected chi connectivity index (χ3v) is 5.64. The maximum atomic E-state index is 13.5. The topological polar surface area (TPSA) is 95.5 Å². The number of carboxylic acids is 1. The van der Waals surface area contributed by atoms with Crippen molar-refractivity contribution in [2.24, 2.45) is 0 Å². The van der Waals surface area contributed by atoms with Crippen LogP contribution in [0.5, 0.6) is 5.75 Å². The first-order valence-electron chi connectivity index (χ1n) is 10.0. The van der Waals surface area contributed by atoms with Crippen molar-refractivity contribution in [2.45, 2.75) is 6.04 Å². The molecule has 1 atom stereocenters. The minimum absolute atomic E-state index is 0.159. The quantitative estimate of drug-likeness (QED) is 0.490. The number of aromatic carboxylic acids is 1. The van der Waals surface area contributed by atoms with Gasteiger partial charge in [0.25, 0.3) is 5.91 Å². The minimum atomic E-state index is -1.02. The highest BCUT2D eigenvalue weighted by Crippen LogP contribution is 2.45. The van der Waals surface area contributed by atoms with E-state index in [9.17, 15) is 14.7 Å². The summed E-state index contributed by atoms with van der Waals surface area (Å²) in [5, 5.41) is 16.6. The van der Waals surface area contributed by atoms with E-state index in [4.69, 9.17) is 4.74 Å². The maximum Gasteiger partial charge on any atom is 0.335 e. The van der Waals surface area contributed by atoms with Gasteiger partial charge in [0.2, 0.25) is 0 Å². The molecule has 32 heavy (non-hydrogen) atoms. The van der Waals surface area contributed by atoms with Crippen molar-refractivity contribution < 1.29 is 19.4 Å². The smallest absolute Gasteiger partial charge is 0.335 e. The van der Waals surface area contributed by atoms with Crippen molar-refractivity contribution in [2.75, 3.05) is 12.0 Å². The molecule has 0 saturated carbocycles. The Balaban J connectivity index is 1.68. The van der Waals surface area contributed by atoms with E-state index in [-0.39, 0.29) is 11.5 Å². The van der Waals surface area contributed by atoms with Crippen LogP contribution in [0.3, 0.4) is 0 Å². The molecule has 0 spiro atoms. The predicted octanol–water partition coefficient (Wildman–Crippen LogP) is 4.53. The summed E-state index contributed by atoms with van der Waals surface area (Å²) in [5.74, 6) is -0.526. The lowest BCUT2D eigenvalue weighted by Crippen LogP contribution is -2.29. The van der Waals surface area contributed by atoms with Crippen molar-refractivity contribution in [3.63, 3.8) is 0 Å². The zero-order valence-corrected chi connectivity index (χ0v) is 17.1. The van der Waals surface area contributed by atoms with Crippen molar-refractivity contribution in [1.29, 1.82) is 0 Å². The Hall–Kier alpha value is -4.39. The Kier molecular flexibility index (Phi) is 4.71. The largest absolute Gasteiger partial charge is 0.497 e. The monoisotopic (exact) mass is 425 g/mol. The molecule has 7 heteroatoms. The zero-order valence-electron chi connectivity index (χ0n) is 17.1. The van der Waals surface area contributed by atoms with Gasteiger partial charge in [-0.15, -0.1) is 0 Å². The second-order valence-electron chi connectivity index (χ2n) is 7.43. The van der Waals surface area contributed by atoms with Gasteiger partial charge < -0.3 is 9.84 Å². The number of rotatable bonds is 5. The van der Waals surface area contributed by atoms with E-state index < -0.39 is 12.0 Å². The predicted molar refractivity (Wildman–Crippen MR) is 119 cm³/mol. The number of aromatic amines is 1. The second kappa shape index (κ2) is 7.70. The van der Waals surface area contributed by atoms with Gasteiger partial charge in [-0.25, -0.2) is 4.79 Å². The minimum Gasteiger partial charge on any atom is -0.497 e. The summed E-state index contributed by atoms with van der Waals surface area (Å²) in [4.78, 5) is 26.4. The van der Waals surface area contributed by atoms with Crippen LogP contribution >= 0.6 is 0 Å². The first-order chi connectivity index (χ1) is 15.6. The lowest BCUT2D eigenvalue weighted by atomic mass is 9.95. The summed E-state index contributed by atoms with van der Waals surface area (Å²) in [5.41, 5.74) is 4.47. The first-order valence-corrected chi connectivity index (χ1v) is 10.0. The molecule has 4 aromatic rings. The number of aromatic nitrogens is 2. The Morgan fingerprint density at radius 2 is 1.69 bits per heavy atom. The van der Waals surface area contributed by atoms with Crippen LogP contribution in [0.1, 0.15) is 38.0 Å². The van der Waals surface area contributed by atoms with Crippen molar-refractivity contribution in [1.82, 2.24) is 10.2 Å². The molecule has 3 aromatic carbocycles. The lowest BCUT2D eigenvalue weighted by Gasteiger charge is -2.26. The number of carbonyl (C=O) groups is 2. The fraction of sp³-hybridized carbons (Fsp3) is 0.0800. The van der Waals surface area contributed by atoms with Gasteiger partial charge >= 0.3 is 5.97 Å². The molecule has 7 nitrogen and oxygen atoms in total. The number of carboxylic acid groups (broad SMARTS) is 1. The van der Waals surface area contributed by atoms with E-state index in [1.165, 1.54) is 12.1 Å². The standard InChI is InChI=1S/C25H19N3O4/c1-32-19-13-9-16(10-14-19)23-20-21(15-5-3-2-4-6-15)26-27-22(20)24(29)28(23)18-11-7-17(8-12-18)25(30)31/h2-14,23H,1H3,(H,26,27)(H,30,31)/t23-/m1/s1. The molecule has 1 aromatic heterocycles. The molecule has 0 radical (unpaired) electrons. The van der Waals surface area contributed by atoms with Gasteiger partial charge in [-0.1, -0.05) is 42.5 Å². The number of hydrogen-bond acceptors (Lipinski definition) is 4. The van der Waals surface area contributed by atoms with E-state index >= 15 is 0 Å². The Bertz CT molecular complexity index is 1300. The second-order valence-corrected chi connectivity index (χ2v) is 7.43. The highest BCUT2D eigenvalue weighted by Gasteiger charge is 2.43. The summed E-state index contributed by atoms with van der Waals surface area (Å²) in [7, 11) is 1.60. The number of fused-ring (bicyclic) bond motifs is 1.